The van der Waals surface area contributed by atoms with E-state index in [-0.39, 0.29) is 16.8 Å². The van der Waals surface area contributed by atoms with Gasteiger partial charge in [-0.15, -0.1) is 0 Å². The molecule has 5 heteroatoms. The lowest BCUT2D eigenvalue weighted by Gasteiger charge is -2.31. The second-order valence-corrected chi connectivity index (χ2v) is 4.30. The Kier molecular flexibility index (Phi) is 4.56. The van der Waals surface area contributed by atoms with E-state index in [1.807, 2.05) is 28.7 Å². The Morgan fingerprint density at radius 3 is 2.73 bits per heavy atom. The Hall–Kier alpha value is -0.590. The number of aliphatic carboxylic acids is 1. The van der Waals surface area contributed by atoms with Crippen molar-refractivity contribution in [1.82, 2.24) is 0 Å². The van der Waals surface area contributed by atoms with Gasteiger partial charge >= 0.3 is 11.9 Å². The first-order chi connectivity index (χ1) is 7.08. The molecule has 1 aliphatic carbocycles. The van der Waals surface area contributed by atoms with Gasteiger partial charge in [0.25, 0.3) is 0 Å². The summed E-state index contributed by atoms with van der Waals surface area (Å²) in [6.07, 6.45) is 5.83. The molecule has 4 nitrogen and oxygen atoms in total. The van der Waals surface area contributed by atoms with Crippen LogP contribution in [0.4, 0.5) is 0 Å². The van der Waals surface area contributed by atoms with E-state index in [4.69, 9.17) is 9.84 Å². The fourth-order valence-electron chi connectivity index (χ4n) is 1.68. The minimum Gasteiger partial charge on any atom is -0.481 e. The molecule has 1 N–H and O–H groups in total. The zero-order valence-corrected chi connectivity index (χ0v) is 10.4. The lowest BCUT2D eigenvalue weighted by atomic mass is 9.88. The van der Waals surface area contributed by atoms with Crippen LogP contribution in [0.1, 0.15) is 25.7 Å². The van der Waals surface area contributed by atoms with Gasteiger partial charge in [-0.2, -0.15) is 0 Å². The lowest BCUT2D eigenvalue weighted by molar-refractivity contribution is -0.157. The zero-order chi connectivity index (χ0) is 11.3. The first kappa shape index (κ1) is 12.5. The molecule has 0 saturated carbocycles. The first-order valence-corrected chi connectivity index (χ1v) is 6.28. The molecule has 84 valence electrons. The van der Waals surface area contributed by atoms with Gasteiger partial charge < -0.3 is 9.84 Å². The number of hydrogen-bond donors (Lipinski definition) is 1. The third-order valence-electron chi connectivity index (χ3n) is 2.27. The molecule has 0 aromatic carbocycles. The number of carbonyl (C=O) groups excluding carboxylic acids is 1. The highest BCUT2D eigenvalue weighted by Crippen LogP contribution is 2.29. The lowest BCUT2D eigenvalue weighted by Crippen LogP contribution is -2.37. The van der Waals surface area contributed by atoms with Crippen molar-refractivity contribution < 1.29 is 19.4 Å². The Labute approximate surface area is 102 Å². The molecule has 15 heavy (non-hydrogen) atoms. The highest BCUT2D eigenvalue weighted by atomic mass is 127. The van der Waals surface area contributed by atoms with E-state index >= 15 is 0 Å². The summed E-state index contributed by atoms with van der Waals surface area (Å²) in [4.78, 5) is 21.9. The van der Waals surface area contributed by atoms with Gasteiger partial charge in [0.1, 0.15) is 5.60 Å². The van der Waals surface area contributed by atoms with Crippen molar-refractivity contribution in [2.45, 2.75) is 31.3 Å². The van der Waals surface area contributed by atoms with Gasteiger partial charge in [0.2, 0.25) is 0 Å². The quantitative estimate of drug-likeness (QED) is 0.371. The van der Waals surface area contributed by atoms with Gasteiger partial charge in [0.05, 0.1) is 10.8 Å². The fraction of sp³-hybridized carbons (Fsp3) is 0.600. The van der Waals surface area contributed by atoms with Gasteiger partial charge in [-0.1, -0.05) is 28.7 Å². The third-order valence-corrected chi connectivity index (χ3v) is 2.89. The number of alkyl halides is 1. The molecule has 0 saturated heterocycles. The van der Waals surface area contributed by atoms with Crippen LogP contribution in [0.15, 0.2) is 12.2 Å². The molecule has 1 atom stereocenters. The van der Waals surface area contributed by atoms with Gasteiger partial charge in [0.15, 0.2) is 0 Å². The highest BCUT2D eigenvalue weighted by Gasteiger charge is 2.35. The number of hydrogen-bond acceptors (Lipinski definition) is 3. The van der Waals surface area contributed by atoms with Crippen LogP contribution in [0.5, 0.6) is 0 Å². The zero-order valence-electron chi connectivity index (χ0n) is 8.24. The molecule has 1 unspecified atom stereocenters. The average molecular weight is 324 g/mol. The van der Waals surface area contributed by atoms with E-state index in [1.54, 1.807) is 6.08 Å². The minimum absolute atomic E-state index is 0.147. The average Bonchev–Trinajstić information content (AvgIpc) is 2.17. The van der Waals surface area contributed by atoms with Crippen molar-refractivity contribution in [3.8, 4) is 0 Å². The summed E-state index contributed by atoms with van der Waals surface area (Å²) in [5, 5.41) is 8.79. The third kappa shape index (κ3) is 3.81. The van der Waals surface area contributed by atoms with E-state index in [0.717, 1.165) is 12.8 Å². The summed E-state index contributed by atoms with van der Waals surface area (Å²) >= 11 is 1.90. The second-order valence-electron chi connectivity index (χ2n) is 3.54. The monoisotopic (exact) mass is 324 g/mol. The van der Waals surface area contributed by atoms with E-state index in [0.29, 0.717) is 6.42 Å². The Morgan fingerprint density at radius 1 is 1.53 bits per heavy atom. The fourth-order valence-corrected chi connectivity index (χ4v) is 1.83. The molecule has 1 aliphatic rings. The molecule has 0 bridgehead atoms. The number of rotatable bonds is 4. The molecule has 0 spiro atoms. The molecule has 1 rings (SSSR count). The van der Waals surface area contributed by atoms with Crippen molar-refractivity contribution in [3.05, 3.63) is 12.2 Å². The predicted octanol–water partition coefficient (Wildman–Crippen LogP) is 1.92. The molecule has 0 aromatic heterocycles. The van der Waals surface area contributed by atoms with Crippen LogP contribution >= 0.6 is 22.6 Å². The van der Waals surface area contributed by atoms with E-state index in [1.165, 1.54) is 0 Å². The summed E-state index contributed by atoms with van der Waals surface area (Å²) in [6.45, 7) is 0. The SMILES string of the molecule is O=C(O)CC1(OC(=O)CI)C=CCCC1. The Balaban J connectivity index is 2.75. The molecular weight excluding hydrogens is 311 g/mol. The second kappa shape index (κ2) is 5.48. The summed E-state index contributed by atoms with van der Waals surface area (Å²) in [5.74, 6) is -1.30. The van der Waals surface area contributed by atoms with E-state index < -0.39 is 11.6 Å². The van der Waals surface area contributed by atoms with Crippen LogP contribution in [0.2, 0.25) is 0 Å². The maximum Gasteiger partial charge on any atom is 0.316 e. The molecule has 0 fully saturated rings. The molecular formula is C10H13IO4. The predicted molar refractivity (Wildman–Crippen MR) is 63.0 cm³/mol. The maximum absolute atomic E-state index is 11.2. The summed E-state index contributed by atoms with van der Waals surface area (Å²) in [5.41, 5.74) is -0.910. The van der Waals surface area contributed by atoms with Crippen LogP contribution in [0, 0.1) is 0 Å². The van der Waals surface area contributed by atoms with Crippen molar-refractivity contribution >= 4 is 34.5 Å². The van der Waals surface area contributed by atoms with Crippen LogP contribution < -0.4 is 0 Å². The first-order valence-electron chi connectivity index (χ1n) is 4.75. The van der Waals surface area contributed by atoms with Crippen molar-refractivity contribution in [2.24, 2.45) is 0 Å². The van der Waals surface area contributed by atoms with Crippen molar-refractivity contribution in [3.63, 3.8) is 0 Å². The Bertz CT molecular complexity index is 287. The van der Waals surface area contributed by atoms with Gasteiger partial charge in [0, 0.05) is 0 Å². The number of halogens is 1. The Morgan fingerprint density at radius 2 is 2.27 bits per heavy atom. The van der Waals surface area contributed by atoms with Crippen LogP contribution in [-0.4, -0.2) is 27.1 Å². The number of carboxylic acid groups (broad SMARTS) is 1. The molecule has 0 heterocycles. The number of carboxylic acids is 1. The van der Waals surface area contributed by atoms with E-state index in [9.17, 15) is 9.59 Å². The standard InChI is InChI=1S/C10H13IO4/c11-7-9(14)15-10(6-8(12)13)4-2-1-3-5-10/h2,4H,1,3,5-7H2,(H,12,13). The summed E-state index contributed by atoms with van der Waals surface area (Å²) < 4.78 is 5.47. The van der Waals surface area contributed by atoms with Gasteiger partial charge in [-0.05, 0) is 25.3 Å². The molecule has 0 radical (unpaired) electrons. The molecule has 0 amide bonds. The van der Waals surface area contributed by atoms with Gasteiger partial charge in [-0.3, -0.25) is 9.59 Å². The van der Waals surface area contributed by atoms with Crippen molar-refractivity contribution in [2.75, 3.05) is 4.43 Å². The topological polar surface area (TPSA) is 63.6 Å². The molecule has 0 aromatic rings. The summed E-state index contributed by atoms with van der Waals surface area (Å²) in [7, 11) is 0. The van der Waals surface area contributed by atoms with Gasteiger partial charge in [-0.25, -0.2) is 0 Å². The molecule has 0 aliphatic heterocycles. The minimum atomic E-state index is -0.942. The normalized spacial score (nSPS) is 24.9. The smallest absolute Gasteiger partial charge is 0.316 e. The number of allylic oxidation sites excluding steroid dienone is 1. The van der Waals surface area contributed by atoms with Crippen LogP contribution in [-0.2, 0) is 14.3 Å². The number of carbonyl (C=O) groups is 2. The van der Waals surface area contributed by atoms with E-state index in [2.05, 4.69) is 0 Å². The van der Waals surface area contributed by atoms with Crippen LogP contribution in [0.3, 0.4) is 0 Å². The summed E-state index contributed by atoms with van der Waals surface area (Å²) in [6, 6.07) is 0. The number of esters is 1. The van der Waals surface area contributed by atoms with Crippen LogP contribution in [0.25, 0.3) is 0 Å². The number of ether oxygens (including phenoxy) is 1. The largest absolute Gasteiger partial charge is 0.481 e. The highest BCUT2D eigenvalue weighted by molar-refractivity contribution is 14.1. The van der Waals surface area contributed by atoms with Crippen molar-refractivity contribution in [1.29, 1.82) is 0 Å². The maximum atomic E-state index is 11.2.